The lowest BCUT2D eigenvalue weighted by Crippen LogP contribution is -2.19. The molecule has 0 bridgehead atoms. The normalized spacial score (nSPS) is 11.7. The highest BCUT2D eigenvalue weighted by atomic mass is 32.1. The first-order chi connectivity index (χ1) is 15.5. The molecule has 0 fully saturated rings. The number of hydrogen-bond donors (Lipinski definition) is 0. The summed E-state index contributed by atoms with van der Waals surface area (Å²) in [5.41, 5.74) is 1.23. The van der Waals surface area contributed by atoms with E-state index in [1.54, 1.807) is 60.3 Å². The molecule has 0 unspecified atom stereocenters. The van der Waals surface area contributed by atoms with Crippen molar-refractivity contribution in [3.8, 4) is 10.7 Å². The number of pyridine rings is 1. The molecule has 0 aliphatic carbocycles. The maximum atomic E-state index is 12.8. The lowest BCUT2D eigenvalue weighted by Gasteiger charge is -2.22. The molecule has 0 saturated carbocycles. The predicted octanol–water partition coefficient (Wildman–Crippen LogP) is 4.28. The van der Waals surface area contributed by atoms with Crippen molar-refractivity contribution in [2.24, 2.45) is 0 Å². The van der Waals surface area contributed by atoms with Crippen LogP contribution in [0.25, 0.3) is 21.7 Å². The second-order valence-electron chi connectivity index (χ2n) is 6.40. The summed E-state index contributed by atoms with van der Waals surface area (Å²) >= 11 is 1.23. The van der Waals surface area contributed by atoms with Crippen LogP contribution in [0.1, 0.15) is 10.8 Å². The molecule has 0 aliphatic rings. The SMILES string of the molecule is FC(F)(F)c1nc(-c2ccc(CN(c3cnccn3)c3nccc4nccnc34)s2)no1. The van der Waals surface area contributed by atoms with Crippen LogP contribution >= 0.6 is 11.3 Å². The van der Waals surface area contributed by atoms with Gasteiger partial charge in [-0.2, -0.15) is 18.2 Å². The fraction of sp³-hybridized carbons (Fsp3) is 0.105. The number of hydrogen-bond acceptors (Lipinski definition) is 10. The Hall–Kier alpha value is -4.00. The first-order valence-electron chi connectivity index (χ1n) is 9.08. The minimum Gasteiger partial charge on any atom is -0.329 e. The summed E-state index contributed by atoms with van der Waals surface area (Å²) in [6.45, 7) is 0.302. The van der Waals surface area contributed by atoms with Crippen molar-refractivity contribution >= 4 is 34.0 Å². The molecule has 5 aromatic rings. The minimum atomic E-state index is -4.70. The van der Waals surface area contributed by atoms with Gasteiger partial charge in [0.05, 0.1) is 23.1 Å². The Kier molecular flexibility index (Phi) is 4.93. The third-order valence-electron chi connectivity index (χ3n) is 4.31. The van der Waals surface area contributed by atoms with Crippen LogP contribution in [0.2, 0.25) is 0 Å². The lowest BCUT2D eigenvalue weighted by atomic mass is 10.3. The monoisotopic (exact) mass is 456 g/mol. The number of rotatable bonds is 5. The molecule has 9 nitrogen and oxygen atoms in total. The van der Waals surface area contributed by atoms with Gasteiger partial charge in [-0.3, -0.25) is 9.97 Å². The smallest absolute Gasteiger partial charge is 0.329 e. The quantitative estimate of drug-likeness (QED) is 0.383. The van der Waals surface area contributed by atoms with Gasteiger partial charge >= 0.3 is 12.1 Å². The molecule has 13 heteroatoms. The molecule has 0 radical (unpaired) electrons. The fourth-order valence-corrected chi connectivity index (χ4v) is 3.88. The highest BCUT2D eigenvalue weighted by Gasteiger charge is 2.38. The zero-order valence-electron chi connectivity index (χ0n) is 15.9. The van der Waals surface area contributed by atoms with Gasteiger partial charge < -0.3 is 9.42 Å². The van der Waals surface area contributed by atoms with Gasteiger partial charge in [0.15, 0.2) is 11.6 Å². The van der Waals surface area contributed by atoms with Gasteiger partial charge in [0.1, 0.15) is 5.52 Å². The third-order valence-corrected chi connectivity index (χ3v) is 5.38. The summed E-state index contributed by atoms with van der Waals surface area (Å²) < 4.78 is 42.6. The lowest BCUT2D eigenvalue weighted by molar-refractivity contribution is -0.159. The topological polar surface area (TPSA) is 107 Å². The number of fused-ring (bicyclic) bond motifs is 1. The number of thiophene rings is 1. The fourth-order valence-electron chi connectivity index (χ4n) is 2.95. The third kappa shape index (κ3) is 3.85. The second kappa shape index (κ2) is 7.92. The Morgan fingerprint density at radius 1 is 0.938 bits per heavy atom. The van der Waals surface area contributed by atoms with Gasteiger partial charge in [0.25, 0.3) is 0 Å². The average molecular weight is 456 g/mol. The Balaban J connectivity index is 1.51. The summed E-state index contributed by atoms with van der Waals surface area (Å²) in [5, 5.41) is 3.44. The number of anilines is 2. The maximum absolute atomic E-state index is 12.8. The molecule has 160 valence electrons. The molecule has 0 N–H and O–H groups in total. The van der Waals surface area contributed by atoms with Crippen molar-refractivity contribution in [2.45, 2.75) is 12.7 Å². The van der Waals surface area contributed by atoms with E-state index >= 15 is 0 Å². The highest BCUT2D eigenvalue weighted by Crippen LogP contribution is 2.34. The van der Waals surface area contributed by atoms with E-state index in [1.165, 1.54) is 11.3 Å². The summed E-state index contributed by atoms with van der Waals surface area (Å²) in [6, 6.07) is 5.15. The van der Waals surface area contributed by atoms with Gasteiger partial charge in [-0.25, -0.2) is 15.0 Å². The molecule has 0 atom stereocenters. The van der Waals surface area contributed by atoms with Crippen molar-refractivity contribution in [1.82, 2.24) is 35.1 Å². The van der Waals surface area contributed by atoms with E-state index in [2.05, 4.69) is 39.6 Å². The molecule has 5 aromatic heterocycles. The standard InChI is InChI=1S/C19H11F3N8OS/c20-19(21,22)18-28-16(29-31-18)13-2-1-11(32-13)10-30(14-9-23-5-6-25-14)17-15-12(3-4-27-17)24-7-8-26-15/h1-9H,10H2. The molecule has 32 heavy (non-hydrogen) atoms. The molecule has 0 aromatic carbocycles. The molecule has 0 saturated heterocycles. The highest BCUT2D eigenvalue weighted by molar-refractivity contribution is 7.15. The largest absolute Gasteiger partial charge is 0.471 e. The van der Waals surface area contributed by atoms with Gasteiger partial charge in [-0.05, 0) is 18.2 Å². The van der Waals surface area contributed by atoms with Gasteiger partial charge in [-0.1, -0.05) is 5.16 Å². The first-order valence-corrected chi connectivity index (χ1v) is 9.90. The summed E-state index contributed by atoms with van der Waals surface area (Å²) in [7, 11) is 0. The molecular weight excluding hydrogens is 445 g/mol. The van der Waals surface area contributed by atoms with E-state index in [0.29, 0.717) is 34.1 Å². The van der Waals surface area contributed by atoms with E-state index in [1.807, 2.05) is 0 Å². The Morgan fingerprint density at radius 3 is 2.56 bits per heavy atom. The maximum Gasteiger partial charge on any atom is 0.471 e. The van der Waals surface area contributed by atoms with Gasteiger partial charge in [0, 0.05) is 35.9 Å². The minimum absolute atomic E-state index is 0.131. The molecule has 5 rings (SSSR count). The van der Waals surface area contributed by atoms with Gasteiger partial charge in [-0.15, -0.1) is 11.3 Å². The van der Waals surface area contributed by atoms with Crippen molar-refractivity contribution in [3.63, 3.8) is 0 Å². The summed E-state index contributed by atoms with van der Waals surface area (Å²) in [6.07, 6.45) is 4.76. The Bertz CT molecular complexity index is 1370. The number of alkyl halides is 3. The molecule has 0 spiro atoms. The van der Waals surface area contributed by atoms with Crippen molar-refractivity contribution in [2.75, 3.05) is 4.90 Å². The number of halogens is 3. The zero-order valence-corrected chi connectivity index (χ0v) is 16.7. The van der Waals surface area contributed by atoms with E-state index in [0.717, 1.165) is 4.88 Å². The second-order valence-corrected chi connectivity index (χ2v) is 7.56. The van der Waals surface area contributed by atoms with E-state index in [9.17, 15) is 13.2 Å². The van der Waals surface area contributed by atoms with Crippen LogP contribution in [-0.2, 0) is 12.7 Å². The van der Waals surface area contributed by atoms with E-state index in [-0.39, 0.29) is 5.82 Å². The predicted molar refractivity (Wildman–Crippen MR) is 108 cm³/mol. The van der Waals surface area contributed by atoms with E-state index in [4.69, 9.17) is 0 Å². The molecule has 0 amide bonds. The molecule has 5 heterocycles. The number of aromatic nitrogens is 7. The van der Waals surface area contributed by atoms with Crippen LogP contribution < -0.4 is 4.90 Å². The van der Waals surface area contributed by atoms with Crippen LogP contribution in [0.15, 0.2) is 59.9 Å². The molecule has 0 aliphatic heterocycles. The zero-order chi connectivity index (χ0) is 22.1. The van der Waals surface area contributed by atoms with Crippen LogP contribution in [0, 0.1) is 0 Å². The van der Waals surface area contributed by atoms with Crippen molar-refractivity contribution in [3.05, 3.63) is 66.1 Å². The van der Waals surface area contributed by atoms with E-state index < -0.39 is 12.1 Å². The van der Waals surface area contributed by atoms with Crippen molar-refractivity contribution < 1.29 is 17.7 Å². The first kappa shape index (κ1) is 19.9. The van der Waals surface area contributed by atoms with Crippen LogP contribution in [0.5, 0.6) is 0 Å². The molecular formula is C19H11F3N8OS. The summed E-state index contributed by atoms with van der Waals surface area (Å²) in [4.78, 5) is 28.2. The van der Waals surface area contributed by atoms with Crippen LogP contribution in [-0.4, -0.2) is 35.1 Å². The Labute approximate surface area is 181 Å². The van der Waals surface area contributed by atoms with Crippen molar-refractivity contribution in [1.29, 1.82) is 0 Å². The Morgan fingerprint density at radius 2 is 1.78 bits per heavy atom. The van der Waals surface area contributed by atoms with Crippen LogP contribution in [0.3, 0.4) is 0 Å². The van der Waals surface area contributed by atoms with Gasteiger partial charge in [0.2, 0.25) is 5.82 Å². The van der Waals surface area contributed by atoms with Crippen LogP contribution in [0.4, 0.5) is 24.8 Å². The summed E-state index contributed by atoms with van der Waals surface area (Å²) in [5.74, 6) is -0.479. The average Bonchev–Trinajstić information content (AvgIpc) is 3.47. The number of nitrogens with zero attached hydrogens (tertiary/aromatic N) is 8.